The lowest BCUT2D eigenvalue weighted by Gasteiger charge is -2.10. The van der Waals surface area contributed by atoms with E-state index >= 15 is 0 Å². The Labute approximate surface area is 114 Å². The minimum atomic E-state index is 0.276. The highest BCUT2D eigenvalue weighted by Gasteiger charge is 2.14. The number of ether oxygens (including phenoxy) is 1. The van der Waals surface area contributed by atoms with Crippen LogP contribution in [0, 0.1) is 0 Å². The molecule has 1 unspecified atom stereocenters. The molecule has 6 heteroatoms. The summed E-state index contributed by atoms with van der Waals surface area (Å²) >= 11 is 0. The molecule has 1 aromatic heterocycles. The molecule has 3 N–H and O–H groups in total. The first-order chi connectivity index (χ1) is 9.19. The van der Waals surface area contributed by atoms with Gasteiger partial charge in [-0.05, 0) is 19.3 Å². The van der Waals surface area contributed by atoms with Gasteiger partial charge in [0.25, 0.3) is 0 Å². The summed E-state index contributed by atoms with van der Waals surface area (Å²) in [5.74, 6) is 0.474. The van der Waals surface area contributed by atoms with Crippen LogP contribution in [0.3, 0.4) is 0 Å². The second-order valence-corrected chi connectivity index (χ2v) is 4.85. The fourth-order valence-electron chi connectivity index (χ4n) is 2.26. The fourth-order valence-corrected chi connectivity index (χ4v) is 2.26. The maximum absolute atomic E-state index is 5.85. The van der Waals surface area contributed by atoms with Crippen LogP contribution in [0.25, 0.3) is 0 Å². The minimum absolute atomic E-state index is 0.276. The van der Waals surface area contributed by atoms with Crippen molar-refractivity contribution in [3.8, 4) is 0 Å². The van der Waals surface area contributed by atoms with Crippen LogP contribution in [0.5, 0.6) is 0 Å². The summed E-state index contributed by atoms with van der Waals surface area (Å²) in [7, 11) is 1.92. The zero-order valence-corrected chi connectivity index (χ0v) is 11.7. The number of aromatic nitrogens is 2. The van der Waals surface area contributed by atoms with Gasteiger partial charge in [0.05, 0.1) is 18.3 Å². The summed E-state index contributed by atoms with van der Waals surface area (Å²) < 4.78 is 7.34. The Hall–Kier alpha value is -1.56. The topological polar surface area (TPSA) is 77.5 Å². The lowest BCUT2D eigenvalue weighted by atomic mass is 10.2. The van der Waals surface area contributed by atoms with Crippen LogP contribution < -0.4 is 11.1 Å². The Morgan fingerprint density at radius 1 is 1.68 bits per heavy atom. The average Bonchev–Trinajstić information content (AvgIpc) is 3.02. The molecule has 2 rings (SSSR count). The number of rotatable bonds is 5. The number of nitrogens with one attached hydrogen (secondary N) is 1. The van der Waals surface area contributed by atoms with Gasteiger partial charge in [-0.3, -0.25) is 4.68 Å². The molecule has 0 aliphatic carbocycles. The molecule has 1 aliphatic heterocycles. The van der Waals surface area contributed by atoms with E-state index in [0.717, 1.165) is 43.7 Å². The summed E-state index contributed by atoms with van der Waals surface area (Å²) in [5, 5.41) is 7.50. The van der Waals surface area contributed by atoms with E-state index in [-0.39, 0.29) is 6.10 Å². The Morgan fingerprint density at radius 3 is 3.21 bits per heavy atom. The second kappa shape index (κ2) is 6.56. The maximum Gasteiger partial charge on any atom is 0.189 e. The van der Waals surface area contributed by atoms with E-state index in [1.807, 2.05) is 17.9 Å². The highest BCUT2D eigenvalue weighted by Crippen LogP contribution is 2.10. The van der Waals surface area contributed by atoms with E-state index in [9.17, 15) is 0 Å². The lowest BCUT2D eigenvalue weighted by molar-refractivity contribution is 0.114. The average molecular weight is 265 g/mol. The van der Waals surface area contributed by atoms with Crippen molar-refractivity contribution in [2.24, 2.45) is 17.8 Å². The molecule has 1 saturated heterocycles. The molecule has 0 bridgehead atoms. The molecule has 1 aromatic rings. The fraction of sp³-hybridized carbons (Fsp3) is 0.692. The van der Waals surface area contributed by atoms with E-state index in [1.165, 1.54) is 0 Å². The number of nitrogens with zero attached hydrogens (tertiary/aromatic N) is 3. The van der Waals surface area contributed by atoms with Gasteiger partial charge in [0.15, 0.2) is 5.96 Å². The Kier molecular flexibility index (Phi) is 4.79. The predicted molar refractivity (Wildman–Crippen MR) is 74.9 cm³/mol. The number of aryl methyl sites for hydroxylation is 2. The number of nitrogens with two attached hydrogens (primary N) is 1. The number of aliphatic imine (C=N–C) groups is 1. The van der Waals surface area contributed by atoms with Crippen molar-refractivity contribution < 1.29 is 4.74 Å². The Morgan fingerprint density at radius 2 is 2.53 bits per heavy atom. The third-order valence-electron chi connectivity index (χ3n) is 3.28. The largest absolute Gasteiger partial charge is 0.376 e. The van der Waals surface area contributed by atoms with Gasteiger partial charge in [0, 0.05) is 32.0 Å². The monoisotopic (exact) mass is 265 g/mol. The van der Waals surface area contributed by atoms with Crippen LogP contribution in [0.4, 0.5) is 0 Å². The summed E-state index contributed by atoms with van der Waals surface area (Å²) in [5.41, 5.74) is 8.07. The molecule has 0 aromatic carbocycles. The van der Waals surface area contributed by atoms with Gasteiger partial charge in [0.1, 0.15) is 0 Å². The van der Waals surface area contributed by atoms with Crippen molar-refractivity contribution in [2.45, 2.75) is 38.8 Å². The highest BCUT2D eigenvalue weighted by atomic mass is 16.5. The van der Waals surface area contributed by atoms with Gasteiger partial charge in [-0.2, -0.15) is 5.10 Å². The maximum atomic E-state index is 5.85. The summed E-state index contributed by atoms with van der Waals surface area (Å²) in [6.45, 7) is 4.26. The van der Waals surface area contributed by atoms with E-state index in [4.69, 9.17) is 10.5 Å². The smallest absolute Gasteiger partial charge is 0.189 e. The summed E-state index contributed by atoms with van der Waals surface area (Å²) in [6, 6.07) is 0. The van der Waals surface area contributed by atoms with Crippen molar-refractivity contribution >= 4 is 5.96 Å². The zero-order valence-electron chi connectivity index (χ0n) is 11.7. The predicted octanol–water partition coefficient (Wildman–Crippen LogP) is 0.566. The number of hydrogen-bond donors (Lipinski definition) is 2. The van der Waals surface area contributed by atoms with Gasteiger partial charge in [-0.1, -0.05) is 6.92 Å². The quantitative estimate of drug-likeness (QED) is 0.602. The van der Waals surface area contributed by atoms with Crippen molar-refractivity contribution in [1.82, 2.24) is 15.1 Å². The molecule has 0 amide bonds. The molecule has 19 heavy (non-hydrogen) atoms. The zero-order chi connectivity index (χ0) is 13.7. The van der Waals surface area contributed by atoms with Crippen LogP contribution in [-0.2, 0) is 24.8 Å². The molecular formula is C13H23N5O. The van der Waals surface area contributed by atoms with Gasteiger partial charge in [-0.25, -0.2) is 4.99 Å². The lowest BCUT2D eigenvalue weighted by Crippen LogP contribution is -2.37. The molecular weight excluding hydrogens is 242 g/mol. The second-order valence-electron chi connectivity index (χ2n) is 4.85. The van der Waals surface area contributed by atoms with Crippen LogP contribution in [0.15, 0.2) is 11.2 Å². The first-order valence-electron chi connectivity index (χ1n) is 6.85. The summed E-state index contributed by atoms with van der Waals surface area (Å²) in [4.78, 5) is 4.35. The number of hydrogen-bond acceptors (Lipinski definition) is 3. The van der Waals surface area contributed by atoms with Crippen LogP contribution in [0.1, 0.15) is 31.0 Å². The van der Waals surface area contributed by atoms with Crippen molar-refractivity contribution in [3.63, 3.8) is 0 Å². The third-order valence-corrected chi connectivity index (χ3v) is 3.28. The molecule has 0 saturated carbocycles. The molecule has 2 heterocycles. The molecule has 1 fully saturated rings. The molecule has 0 spiro atoms. The first-order valence-corrected chi connectivity index (χ1v) is 6.85. The van der Waals surface area contributed by atoms with E-state index in [1.54, 1.807) is 0 Å². The standard InChI is InChI=1S/C13H23N5O/c1-3-12-10(9-18(2)17-12)7-15-13(14)16-8-11-5-4-6-19-11/h9,11H,3-8H2,1-2H3,(H3,14,15,16). The van der Waals surface area contributed by atoms with E-state index in [2.05, 4.69) is 22.3 Å². The van der Waals surface area contributed by atoms with Crippen molar-refractivity contribution in [2.75, 3.05) is 13.2 Å². The van der Waals surface area contributed by atoms with Gasteiger partial charge < -0.3 is 15.8 Å². The highest BCUT2D eigenvalue weighted by molar-refractivity contribution is 5.77. The van der Waals surface area contributed by atoms with Crippen molar-refractivity contribution in [1.29, 1.82) is 0 Å². The Bertz CT molecular complexity index is 434. The normalized spacial score (nSPS) is 19.9. The first kappa shape index (κ1) is 13.9. The third kappa shape index (κ3) is 3.96. The van der Waals surface area contributed by atoms with E-state index in [0.29, 0.717) is 12.5 Å². The van der Waals surface area contributed by atoms with Crippen LogP contribution in [-0.4, -0.2) is 35.0 Å². The van der Waals surface area contributed by atoms with E-state index < -0.39 is 0 Å². The van der Waals surface area contributed by atoms with Crippen LogP contribution in [0.2, 0.25) is 0 Å². The Balaban J connectivity index is 1.82. The summed E-state index contributed by atoms with van der Waals surface area (Å²) in [6.07, 6.45) is 5.42. The molecule has 6 nitrogen and oxygen atoms in total. The minimum Gasteiger partial charge on any atom is -0.376 e. The molecule has 0 radical (unpaired) electrons. The molecule has 1 aliphatic rings. The molecule has 1 atom stereocenters. The SMILES string of the molecule is CCc1nn(C)cc1CN=C(N)NCC1CCCO1. The van der Waals surface area contributed by atoms with Gasteiger partial charge in [-0.15, -0.1) is 0 Å². The van der Waals surface area contributed by atoms with Crippen LogP contribution >= 0.6 is 0 Å². The molecule has 106 valence electrons. The van der Waals surface area contributed by atoms with Gasteiger partial charge >= 0.3 is 0 Å². The number of guanidine groups is 1. The van der Waals surface area contributed by atoms with Crippen molar-refractivity contribution in [3.05, 3.63) is 17.5 Å². The van der Waals surface area contributed by atoms with Gasteiger partial charge in [0.2, 0.25) is 0 Å².